The number of nitrogens with zero attached hydrogens (tertiary/aromatic N) is 1. The quantitative estimate of drug-likeness (QED) is 0.294. The minimum absolute atomic E-state index is 2.03. The normalized spacial score (nSPS) is 12.6. The third kappa shape index (κ3) is 2.45. The van der Waals surface area contributed by atoms with Crippen LogP contribution in [0.1, 0.15) is 0 Å². The van der Waals surface area contributed by atoms with E-state index in [0.717, 1.165) is 0 Å². The summed E-state index contributed by atoms with van der Waals surface area (Å²) < 4.78 is 34.2. The van der Waals surface area contributed by atoms with Crippen LogP contribution in [-0.2, 0) is 10.3 Å². The van der Waals surface area contributed by atoms with Crippen molar-refractivity contribution in [3.05, 3.63) is 5.21 Å². The van der Waals surface area contributed by atoms with Crippen LogP contribution < -0.4 is 0 Å². The molecule has 0 spiro atoms. The highest BCUT2D eigenvalue weighted by Crippen LogP contribution is 1.90. The van der Waals surface area contributed by atoms with Crippen molar-refractivity contribution in [2.75, 3.05) is 0 Å². The predicted molar refractivity (Wildman–Crippen MR) is 17.9 cm³/mol. The van der Waals surface area contributed by atoms with Crippen LogP contribution in [-0.4, -0.2) is 17.7 Å². The first kappa shape index (κ1) is 6.76. The van der Waals surface area contributed by atoms with Gasteiger partial charge in [0.2, 0.25) is 0 Å². The van der Waals surface area contributed by atoms with Crippen molar-refractivity contribution >= 4 is 10.3 Å². The summed E-state index contributed by atoms with van der Waals surface area (Å²) in [5.41, 5.74) is 0. The zero-order valence-electron chi connectivity index (χ0n) is 2.91. The van der Waals surface area contributed by atoms with Gasteiger partial charge in [-0.3, -0.25) is 4.55 Å². The zero-order chi connectivity index (χ0) is 6.08. The summed E-state index contributed by atoms with van der Waals surface area (Å²) in [4.78, 5) is 0. The monoisotopic (exact) mass is 130 g/mol. The van der Waals surface area contributed by atoms with Crippen molar-refractivity contribution in [3.63, 3.8) is 0 Å². The Morgan fingerprint density at radius 1 is 1.71 bits per heavy atom. The molecule has 0 saturated carbocycles. The number of rotatable bonds is 1. The molecular weight excluding hydrogens is 129 g/mol. The summed E-state index contributed by atoms with van der Waals surface area (Å²) >= 11 is 0. The van der Waals surface area contributed by atoms with Gasteiger partial charge in [-0.1, -0.05) is 4.69 Å². The largest absolute Gasteiger partial charge is 0.743 e. The van der Waals surface area contributed by atoms with Gasteiger partial charge >= 0.3 is 10.3 Å². The van der Waals surface area contributed by atoms with Gasteiger partial charge in [-0.05, 0) is 0 Å². The zero-order valence-corrected chi connectivity index (χ0v) is 3.72. The highest BCUT2D eigenvalue weighted by molar-refractivity contribution is 7.83. The fraction of sp³-hybridized carbons (Fsp3) is 0. The Hall–Kier alpha value is -0.240. The second-order valence-corrected chi connectivity index (χ2v) is 1.84. The Morgan fingerprint density at radius 2 is 1.86 bits per heavy atom. The Bertz CT molecular complexity index is 134. The Kier molecular flexibility index (Phi) is 1.64. The smallest absolute Gasteiger partial charge is 0.351 e. The van der Waals surface area contributed by atoms with Crippen LogP contribution in [0.25, 0.3) is 0 Å². The van der Waals surface area contributed by atoms with Crippen molar-refractivity contribution in [3.8, 4) is 0 Å². The second-order valence-electron chi connectivity index (χ2n) is 0.660. The van der Waals surface area contributed by atoms with E-state index >= 15 is 0 Å². The predicted octanol–water partition coefficient (Wildman–Crippen LogP) is -0.526. The minimum Gasteiger partial charge on any atom is -0.743 e. The van der Waals surface area contributed by atoms with Crippen molar-refractivity contribution < 1.29 is 17.5 Å². The van der Waals surface area contributed by atoms with Crippen molar-refractivity contribution in [1.29, 1.82) is 0 Å². The molecule has 0 saturated heterocycles. The lowest BCUT2D eigenvalue weighted by atomic mass is 13.4. The number of halogens is 1. The molecule has 0 aliphatic carbocycles. The van der Waals surface area contributed by atoms with E-state index in [9.17, 15) is 4.48 Å². The SMILES string of the molecule is O=S(=O)(O)N([O-])F. The standard InChI is InChI=1S/FHNO4S/c1-2(3)7(4,5)6/h(H,4,5,6)/q-1. The third-order valence-corrected chi connectivity index (χ3v) is 0.544. The Balaban J connectivity index is 4.10. The average molecular weight is 130 g/mol. The lowest BCUT2D eigenvalue weighted by molar-refractivity contribution is 0.186. The molecule has 0 aromatic heterocycles. The molecule has 0 heterocycles. The molecule has 0 aliphatic heterocycles. The van der Waals surface area contributed by atoms with Crippen LogP contribution in [0, 0.1) is 5.21 Å². The highest BCUT2D eigenvalue weighted by Gasteiger charge is 2.03. The van der Waals surface area contributed by atoms with E-state index in [1.54, 1.807) is 0 Å². The Labute approximate surface area is 38.7 Å². The van der Waals surface area contributed by atoms with Crippen LogP contribution >= 0.6 is 0 Å². The van der Waals surface area contributed by atoms with Crippen LogP contribution in [0.3, 0.4) is 0 Å². The van der Waals surface area contributed by atoms with E-state index in [1.807, 2.05) is 0 Å². The van der Waals surface area contributed by atoms with Gasteiger partial charge in [-0.2, -0.15) is 8.42 Å². The summed E-state index contributed by atoms with van der Waals surface area (Å²) in [7, 11) is -5.13. The molecule has 0 atom stereocenters. The minimum atomic E-state index is -5.13. The molecule has 0 rings (SSSR count). The maximum Gasteiger partial charge on any atom is 0.351 e. The third-order valence-electron chi connectivity index (χ3n) is 0.181. The summed E-state index contributed by atoms with van der Waals surface area (Å²) in [6, 6.07) is 0. The molecule has 1 N–H and O–H groups in total. The van der Waals surface area contributed by atoms with Gasteiger partial charge in [0, 0.05) is 0 Å². The first-order chi connectivity index (χ1) is 2.94. The fourth-order valence-corrected chi connectivity index (χ4v) is 0. The average Bonchev–Trinajstić information content (AvgIpc) is 1.31. The van der Waals surface area contributed by atoms with Gasteiger partial charge in [-0.25, -0.2) is 0 Å². The molecule has 0 amide bonds. The molecular formula is HFNO4S-. The molecule has 0 unspecified atom stereocenters. The van der Waals surface area contributed by atoms with E-state index in [4.69, 9.17) is 18.2 Å². The van der Waals surface area contributed by atoms with Gasteiger partial charge < -0.3 is 5.21 Å². The molecule has 5 nitrogen and oxygen atoms in total. The second kappa shape index (κ2) is 1.70. The van der Waals surface area contributed by atoms with Gasteiger partial charge in [-0.15, -0.1) is 4.48 Å². The van der Waals surface area contributed by atoms with Gasteiger partial charge in [0.1, 0.15) is 0 Å². The first-order valence-electron chi connectivity index (χ1n) is 1.05. The molecule has 0 fully saturated rings. The van der Waals surface area contributed by atoms with Crippen molar-refractivity contribution in [1.82, 2.24) is 4.69 Å². The lowest BCUT2D eigenvalue weighted by Crippen LogP contribution is -2.13. The lowest BCUT2D eigenvalue weighted by Gasteiger charge is -2.08. The molecule has 0 aliphatic rings. The molecule has 44 valence electrons. The molecule has 0 radical (unpaired) electrons. The van der Waals surface area contributed by atoms with Gasteiger partial charge in [0.25, 0.3) is 0 Å². The summed E-state index contributed by atoms with van der Waals surface area (Å²) in [5, 5.41) is 8.88. The first-order valence-corrected chi connectivity index (χ1v) is 2.45. The van der Waals surface area contributed by atoms with Crippen LogP contribution in [0.4, 0.5) is 4.48 Å². The van der Waals surface area contributed by atoms with E-state index in [-0.39, 0.29) is 0 Å². The molecule has 7 heavy (non-hydrogen) atoms. The van der Waals surface area contributed by atoms with Crippen LogP contribution in [0.2, 0.25) is 0 Å². The maximum atomic E-state index is 10.6. The van der Waals surface area contributed by atoms with E-state index < -0.39 is 15.0 Å². The van der Waals surface area contributed by atoms with E-state index in [1.165, 1.54) is 0 Å². The summed E-state index contributed by atoms with van der Waals surface area (Å²) in [5.74, 6) is 0. The maximum absolute atomic E-state index is 10.6. The highest BCUT2D eigenvalue weighted by atomic mass is 32.2. The fourth-order valence-electron chi connectivity index (χ4n) is 0. The Morgan fingerprint density at radius 3 is 1.86 bits per heavy atom. The van der Waals surface area contributed by atoms with Crippen LogP contribution in [0.15, 0.2) is 0 Å². The number of hydrogen-bond acceptors (Lipinski definition) is 3. The molecule has 7 heteroatoms. The van der Waals surface area contributed by atoms with E-state index in [2.05, 4.69) is 0 Å². The summed E-state index contributed by atoms with van der Waals surface area (Å²) in [6.45, 7) is 0. The van der Waals surface area contributed by atoms with Crippen molar-refractivity contribution in [2.45, 2.75) is 0 Å². The topological polar surface area (TPSA) is 80.7 Å². The summed E-state index contributed by atoms with van der Waals surface area (Å²) in [6.07, 6.45) is 0. The van der Waals surface area contributed by atoms with Crippen LogP contribution in [0.5, 0.6) is 0 Å². The van der Waals surface area contributed by atoms with Gasteiger partial charge in [0.15, 0.2) is 0 Å². The molecule has 0 aromatic rings. The van der Waals surface area contributed by atoms with Gasteiger partial charge in [0.05, 0.1) is 0 Å². The number of hydrogen-bond donors (Lipinski definition) is 1. The van der Waals surface area contributed by atoms with Crippen molar-refractivity contribution in [2.24, 2.45) is 0 Å². The molecule has 0 bridgehead atoms. The molecule has 0 aromatic carbocycles. The van der Waals surface area contributed by atoms with E-state index in [0.29, 0.717) is 0 Å².